The second-order valence-corrected chi connectivity index (χ2v) is 7.78. The van der Waals surface area contributed by atoms with Crippen molar-refractivity contribution in [2.24, 2.45) is 5.41 Å². The van der Waals surface area contributed by atoms with Gasteiger partial charge in [0.1, 0.15) is 6.10 Å². The van der Waals surface area contributed by atoms with Crippen LogP contribution in [0, 0.1) is 5.41 Å². The van der Waals surface area contributed by atoms with Crippen LogP contribution in [-0.4, -0.2) is 17.1 Å². The van der Waals surface area contributed by atoms with Gasteiger partial charge in [-0.05, 0) is 40.1 Å². The summed E-state index contributed by atoms with van der Waals surface area (Å²) in [6.45, 7) is 7.65. The smallest absolute Gasteiger partial charge is 0.303 e. The Morgan fingerprint density at radius 2 is 1.74 bits per heavy atom. The zero-order valence-corrected chi connectivity index (χ0v) is 16.3. The molecule has 1 unspecified atom stereocenters. The maximum Gasteiger partial charge on any atom is 0.303 e. The van der Waals surface area contributed by atoms with E-state index in [-0.39, 0.29) is 17.5 Å². The second kappa shape index (κ2) is 7.75. The third-order valence-corrected chi connectivity index (χ3v) is 4.50. The average molecular weight is 359 g/mol. The molecule has 0 spiro atoms. The molecule has 0 N–H and O–H groups in total. The van der Waals surface area contributed by atoms with Gasteiger partial charge in [-0.3, -0.25) is 9.78 Å². The Morgan fingerprint density at radius 3 is 2.37 bits per heavy atom. The van der Waals surface area contributed by atoms with Crippen molar-refractivity contribution in [3.63, 3.8) is 0 Å². The minimum atomic E-state index is -0.350. The summed E-state index contributed by atoms with van der Waals surface area (Å²) in [5.74, 6) is -0.282. The van der Waals surface area contributed by atoms with Crippen LogP contribution in [0.5, 0.6) is 0 Å². The van der Waals surface area contributed by atoms with E-state index in [1.54, 1.807) is 6.20 Å². The highest BCUT2D eigenvalue weighted by molar-refractivity contribution is 5.89. The number of ether oxygens (including phenoxy) is 1. The van der Waals surface area contributed by atoms with E-state index in [1.807, 2.05) is 36.5 Å². The molecule has 0 aliphatic rings. The molecule has 0 aliphatic heterocycles. The molecule has 0 saturated carbocycles. The van der Waals surface area contributed by atoms with Gasteiger partial charge in [0.05, 0.1) is 0 Å². The minimum Gasteiger partial charge on any atom is -0.458 e. The molecule has 0 saturated heterocycles. The molecule has 0 bridgehead atoms. The van der Waals surface area contributed by atoms with Crippen molar-refractivity contribution in [2.45, 2.75) is 33.8 Å². The first-order valence-electron chi connectivity index (χ1n) is 9.13. The lowest BCUT2D eigenvalue weighted by molar-refractivity contribution is -0.148. The second-order valence-electron chi connectivity index (χ2n) is 7.78. The van der Waals surface area contributed by atoms with E-state index in [0.29, 0.717) is 0 Å². The quantitative estimate of drug-likeness (QED) is 0.566. The lowest BCUT2D eigenvalue weighted by atomic mass is 9.85. The molecule has 0 amide bonds. The number of benzene rings is 2. The van der Waals surface area contributed by atoms with Gasteiger partial charge in [0.2, 0.25) is 0 Å². The highest BCUT2D eigenvalue weighted by Crippen LogP contribution is 2.31. The van der Waals surface area contributed by atoms with Crippen LogP contribution in [0.1, 0.15) is 38.8 Å². The van der Waals surface area contributed by atoms with Crippen LogP contribution in [0.3, 0.4) is 0 Å². The largest absolute Gasteiger partial charge is 0.458 e. The fourth-order valence-corrected chi connectivity index (χ4v) is 3.03. The topological polar surface area (TPSA) is 39.2 Å². The molecule has 3 aromatic rings. The predicted molar refractivity (Wildman–Crippen MR) is 110 cm³/mol. The van der Waals surface area contributed by atoms with Crippen molar-refractivity contribution in [2.75, 3.05) is 0 Å². The van der Waals surface area contributed by atoms with Crippen LogP contribution in [0.25, 0.3) is 16.3 Å². The first kappa shape index (κ1) is 18.8. The SMILES string of the molecule is CC(=O)OC(C=C(c1cccnc1)c1ccc2ccccc2c1)C(C)(C)C. The van der Waals surface area contributed by atoms with Crippen molar-refractivity contribution in [1.29, 1.82) is 0 Å². The number of fused-ring (bicyclic) bond motifs is 1. The van der Waals surface area contributed by atoms with E-state index in [1.165, 1.54) is 17.7 Å². The normalized spacial score (nSPS) is 13.4. The van der Waals surface area contributed by atoms with Gasteiger partial charge in [0.25, 0.3) is 0 Å². The molecule has 1 aromatic heterocycles. The Bertz CT molecular complexity index is 968. The standard InChI is InChI=1S/C24H25NO2/c1-17(26)27-23(24(2,3)4)15-22(21-10-7-13-25-16-21)20-12-11-18-8-5-6-9-19(18)14-20/h5-16,23H,1-4H3. The van der Waals surface area contributed by atoms with Gasteiger partial charge < -0.3 is 4.74 Å². The summed E-state index contributed by atoms with van der Waals surface area (Å²) in [4.78, 5) is 15.9. The Balaban J connectivity index is 2.16. The zero-order chi connectivity index (χ0) is 19.4. The maximum absolute atomic E-state index is 11.7. The average Bonchev–Trinajstić information content (AvgIpc) is 2.64. The summed E-state index contributed by atoms with van der Waals surface area (Å²) in [5.41, 5.74) is 2.85. The van der Waals surface area contributed by atoms with Crippen LogP contribution in [0.2, 0.25) is 0 Å². The van der Waals surface area contributed by atoms with Gasteiger partial charge in [-0.1, -0.05) is 63.2 Å². The van der Waals surface area contributed by atoms with Crippen LogP contribution in [0.4, 0.5) is 0 Å². The summed E-state index contributed by atoms with van der Waals surface area (Å²) in [7, 11) is 0. The molecule has 3 heteroatoms. The first-order chi connectivity index (χ1) is 12.8. The lowest BCUT2D eigenvalue weighted by Gasteiger charge is -2.28. The molecule has 138 valence electrons. The number of carbonyl (C=O) groups is 1. The number of rotatable bonds is 4. The molecular weight excluding hydrogens is 334 g/mol. The molecule has 3 rings (SSSR count). The van der Waals surface area contributed by atoms with Crippen LogP contribution < -0.4 is 0 Å². The molecule has 0 radical (unpaired) electrons. The fourth-order valence-electron chi connectivity index (χ4n) is 3.03. The number of hydrogen-bond donors (Lipinski definition) is 0. The van der Waals surface area contributed by atoms with Crippen molar-refractivity contribution >= 4 is 22.3 Å². The van der Waals surface area contributed by atoms with Gasteiger partial charge in [-0.25, -0.2) is 0 Å². The number of esters is 1. The number of hydrogen-bond acceptors (Lipinski definition) is 3. The molecule has 1 heterocycles. The highest BCUT2D eigenvalue weighted by atomic mass is 16.5. The van der Waals surface area contributed by atoms with E-state index in [0.717, 1.165) is 16.7 Å². The Labute approximate surface area is 160 Å². The van der Waals surface area contributed by atoms with Gasteiger partial charge in [-0.2, -0.15) is 0 Å². The van der Waals surface area contributed by atoms with Gasteiger partial charge in [0, 0.05) is 30.3 Å². The van der Waals surface area contributed by atoms with Crippen molar-refractivity contribution in [3.8, 4) is 0 Å². The monoisotopic (exact) mass is 359 g/mol. The number of aromatic nitrogens is 1. The molecular formula is C24H25NO2. The van der Waals surface area contributed by atoms with E-state index < -0.39 is 0 Å². The summed E-state index contributed by atoms with van der Waals surface area (Å²) in [6.07, 6.45) is 5.29. The number of carbonyl (C=O) groups excluding carboxylic acids is 1. The summed E-state index contributed by atoms with van der Waals surface area (Å²) in [5, 5.41) is 2.36. The summed E-state index contributed by atoms with van der Waals surface area (Å²) >= 11 is 0. The van der Waals surface area contributed by atoms with Crippen molar-refractivity contribution < 1.29 is 9.53 Å². The van der Waals surface area contributed by atoms with Gasteiger partial charge in [0.15, 0.2) is 0 Å². The van der Waals surface area contributed by atoms with Crippen LogP contribution in [0.15, 0.2) is 73.1 Å². The highest BCUT2D eigenvalue weighted by Gasteiger charge is 2.26. The Hall–Kier alpha value is -2.94. The summed E-state index contributed by atoms with van der Waals surface area (Å²) < 4.78 is 5.64. The van der Waals surface area contributed by atoms with Crippen molar-refractivity contribution in [1.82, 2.24) is 4.98 Å². The minimum absolute atomic E-state index is 0.226. The molecule has 0 aliphatic carbocycles. The third-order valence-electron chi connectivity index (χ3n) is 4.50. The maximum atomic E-state index is 11.7. The first-order valence-corrected chi connectivity index (χ1v) is 9.13. The molecule has 27 heavy (non-hydrogen) atoms. The molecule has 3 nitrogen and oxygen atoms in total. The van der Waals surface area contributed by atoms with Gasteiger partial charge in [-0.15, -0.1) is 0 Å². The predicted octanol–water partition coefficient (Wildman–Crippen LogP) is 5.64. The molecule has 0 fully saturated rings. The number of pyridine rings is 1. The zero-order valence-electron chi connectivity index (χ0n) is 16.3. The molecule has 2 aromatic carbocycles. The van der Waals surface area contributed by atoms with E-state index in [4.69, 9.17) is 4.74 Å². The van der Waals surface area contributed by atoms with Crippen LogP contribution in [-0.2, 0) is 9.53 Å². The van der Waals surface area contributed by atoms with E-state index in [9.17, 15) is 4.79 Å². The third kappa shape index (κ3) is 4.62. The molecule has 1 atom stereocenters. The van der Waals surface area contributed by atoms with E-state index in [2.05, 4.69) is 56.1 Å². The van der Waals surface area contributed by atoms with Crippen molar-refractivity contribution in [3.05, 3.63) is 84.2 Å². The summed E-state index contributed by atoms with van der Waals surface area (Å²) in [6, 6.07) is 18.6. The Morgan fingerprint density at radius 1 is 1.00 bits per heavy atom. The Kier molecular flexibility index (Phi) is 5.41. The van der Waals surface area contributed by atoms with Gasteiger partial charge >= 0.3 is 5.97 Å². The lowest BCUT2D eigenvalue weighted by Crippen LogP contribution is -2.29. The van der Waals surface area contributed by atoms with E-state index >= 15 is 0 Å². The fraction of sp³-hybridized carbons (Fsp3) is 0.250. The van der Waals surface area contributed by atoms with Crippen LogP contribution >= 0.6 is 0 Å². The number of nitrogens with zero attached hydrogens (tertiary/aromatic N) is 1.